The first-order valence-electron chi connectivity index (χ1n) is 8.90. The lowest BCUT2D eigenvalue weighted by molar-refractivity contribution is -0.115. The Labute approximate surface area is 175 Å². The summed E-state index contributed by atoms with van der Waals surface area (Å²) in [6.07, 6.45) is 0. The van der Waals surface area contributed by atoms with E-state index < -0.39 is 18.4 Å². The molecule has 0 aliphatic rings. The maximum absolute atomic E-state index is 12.3. The predicted octanol–water partition coefficient (Wildman–Crippen LogP) is 4.30. The topological polar surface area (TPSA) is 93.5 Å². The van der Waals surface area contributed by atoms with E-state index in [1.54, 1.807) is 32.0 Å². The predicted molar refractivity (Wildman–Crippen MR) is 108 cm³/mol. The number of hydrogen-bond donors (Lipinski definition) is 2. The molecule has 3 rings (SSSR count). The van der Waals surface area contributed by atoms with E-state index in [4.69, 9.17) is 4.42 Å². The summed E-state index contributed by atoms with van der Waals surface area (Å²) in [5.41, 5.74) is 1.70. The summed E-state index contributed by atoms with van der Waals surface area (Å²) in [5, 5.41) is 5.55. The molecule has 0 aliphatic carbocycles. The Morgan fingerprint density at radius 3 is 2.50 bits per heavy atom. The van der Waals surface area contributed by atoms with Gasteiger partial charge in [-0.2, -0.15) is 8.78 Å². The van der Waals surface area contributed by atoms with E-state index in [0.717, 1.165) is 4.88 Å². The summed E-state index contributed by atoms with van der Waals surface area (Å²) in [5.74, 6) is 0.315. The number of carbonyl (C=O) groups excluding carboxylic acids is 2. The average molecular weight is 435 g/mol. The van der Waals surface area contributed by atoms with E-state index in [-0.39, 0.29) is 12.3 Å². The van der Waals surface area contributed by atoms with Gasteiger partial charge in [0.25, 0.3) is 5.91 Å². The van der Waals surface area contributed by atoms with Crippen LogP contribution in [0.1, 0.15) is 26.8 Å². The van der Waals surface area contributed by atoms with Crippen LogP contribution >= 0.6 is 11.3 Å². The zero-order valence-corrected chi connectivity index (χ0v) is 17.2. The Hall–Kier alpha value is -3.27. The van der Waals surface area contributed by atoms with Crippen LogP contribution in [-0.2, 0) is 4.79 Å². The third-order valence-electron chi connectivity index (χ3n) is 4.09. The van der Waals surface area contributed by atoms with Gasteiger partial charge in [-0.15, -0.1) is 11.3 Å². The molecule has 7 nitrogen and oxygen atoms in total. The maximum atomic E-state index is 12.3. The zero-order valence-electron chi connectivity index (χ0n) is 16.4. The molecule has 1 aromatic carbocycles. The standard InChI is InChI=1S/C20H19F2N3O4S/c1-10-8-15(11(2)28-10)18(27)23-9-16(26)24-20-25-17(12(3)30-20)13-4-6-14(7-5-13)29-19(21)22/h4-8,19H,9H2,1-3H3,(H,23,27)(H,24,25,26). The third-order valence-corrected chi connectivity index (χ3v) is 4.98. The van der Waals surface area contributed by atoms with Crippen molar-refractivity contribution in [3.8, 4) is 17.0 Å². The van der Waals surface area contributed by atoms with Crippen molar-refractivity contribution in [1.82, 2.24) is 10.3 Å². The van der Waals surface area contributed by atoms with Crippen molar-refractivity contribution < 1.29 is 27.5 Å². The van der Waals surface area contributed by atoms with Crippen molar-refractivity contribution in [2.45, 2.75) is 27.4 Å². The van der Waals surface area contributed by atoms with Gasteiger partial charge in [0.15, 0.2) is 5.13 Å². The minimum absolute atomic E-state index is 0.0500. The summed E-state index contributed by atoms with van der Waals surface area (Å²) < 4.78 is 34.2. The van der Waals surface area contributed by atoms with Gasteiger partial charge in [0, 0.05) is 10.4 Å². The molecule has 0 fully saturated rings. The van der Waals surface area contributed by atoms with E-state index in [2.05, 4.69) is 20.4 Å². The van der Waals surface area contributed by atoms with Gasteiger partial charge in [-0.1, -0.05) is 0 Å². The fourth-order valence-corrected chi connectivity index (χ4v) is 3.64. The minimum Gasteiger partial charge on any atom is -0.466 e. The molecule has 158 valence electrons. The number of halogens is 2. The second-order valence-corrected chi connectivity index (χ2v) is 7.59. The number of alkyl halides is 2. The molecule has 2 heterocycles. The summed E-state index contributed by atoms with van der Waals surface area (Å²) in [7, 11) is 0. The van der Waals surface area contributed by atoms with E-state index >= 15 is 0 Å². The highest BCUT2D eigenvalue weighted by Crippen LogP contribution is 2.31. The molecule has 30 heavy (non-hydrogen) atoms. The molecule has 0 unspecified atom stereocenters. The number of amides is 2. The van der Waals surface area contributed by atoms with Gasteiger partial charge >= 0.3 is 6.61 Å². The summed E-state index contributed by atoms with van der Waals surface area (Å²) in [6, 6.07) is 7.68. The number of nitrogens with zero attached hydrogens (tertiary/aromatic N) is 1. The first-order valence-corrected chi connectivity index (χ1v) is 9.72. The first kappa shape index (κ1) is 21.4. The maximum Gasteiger partial charge on any atom is 0.387 e. The Kier molecular flexibility index (Phi) is 6.46. The Balaban J connectivity index is 1.60. The number of hydrogen-bond acceptors (Lipinski definition) is 6. The highest BCUT2D eigenvalue weighted by Gasteiger charge is 2.16. The van der Waals surface area contributed by atoms with Gasteiger partial charge < -0.3 is 19.8 Å². The normalized spacial score (nSPS) is 10.9. The molecule has 2 aromatic heterocycles. The van der Waals surface area contributed by atoms with Crippen LogP contribution in [0.25, 0.3) is 11.3 Å². The van der Waals surface area contributed by atoms with Crippen LogP contribution in [0, 0.1) is 20.8 Å². The second-order valence-electron chi connectivity index (χ2n) is 6.38. The summed E-state index contributed by atoms with van der Waals surface area (Å²) in [6.45, 7) is 2.13. The molecule has 0 spiro atoms. The fraction of sp³-hybridized carbons (Fsp3) is 0.250. The third kappa shape index (κ3) is 5.20. The number of furan rings is 1. The number of ether oxygens (including phenoxy) is 1. The molecule has 10 heteroatoms. The number of carbonyl (C=O) groups is 2. The quantitative estimate of drug-likeness (QED) is 0.577. The van der Waals surface area contributed by atoms with E-state index in [9.17, 15) is 18.4 Å². The molecule has 0 atom stereocenters. The lowest BCUT2D eigenvalue weighted by Gasteiger charge is -2.05. The Bertz CT molecular complexity index is 1060. The summed E-state index contributed by atoms with van der Waals surface area (Å²) in [4.78, 5) is 29.5. The van der Waals surface area contributed by atoms with Crippen LogP contribution in [-0.4, -0.2) is 30.0 Å². The number of anilines is 1. The van der Waals surface area contributed by atoms with Crippen molar-refractivity contribution in [2.24, 2.45) is 0 Å². The van der Waals surface area contributed by atoms with Crippen LogP contribution in [0.15, 0.2) is 34.7 Å². The van der Waals surface area contributed by atoms with Crippen molar-refractivity contribution in [1.29, 1.82) is 0 Å². The Morgan fingerprint density at radius 1 is 1.20 bits per heavy atom. The van der Waals surface area contributed by atoms with Gasteiger partial charge in [-0.05, 0) is 51.1 Å². The number of aromatic nitrogens is 1. The highest BCUT2D eigenvalue weighted by atomic mass is 32.1. The molecule has 0 aliphatic heterocycles. The molecular formula is C20H19F2N3O4S. The van der Waals surface area contributed by atoms with Gasteiger partial charge in [-0.3, -0.25) is 9.59 Å². The molecule has 0 bridgehead atoms. The number of thiazole rings is 1. The van der Waals surface area contributed by atoms with Gasteiger partial charge in [0.05, 0.1) is 17.8 Å². The number of nitrogens with one attached hydrogen (secondary N) is 2. The SMILES string of the molecule is Cc1cc(C(=O)NCC(=O)Nc2nc(-c3ccc(OC(F)F)cc3)c(C)s2)c(C)o1. The van der Waals surface area contributed by atoms with E-state index in [0.29, 0.717) is 33.5 Å². The molecule has 2 N–H and O–H groups in total. The fourth-order valence-electron chi connectivity index (χ4n) is 2.79. The van der Waals surface area contributed by atoms with Gasteiger partial charge in [0.1, 0.15) is 17.3 Å². The zero-order chi connectivity index (χ0) is 21.8. The second kappa shape index (κ2) is 9.04. The minimum atomic E-state index is -2.89. The highest BCUT2D eigenvalue weighted by molar-refractivity contribution is 7.16. The molecule has 0 radical (unpaired) electrons. The molecule has 3 aromatic rings. The van der Waals surface area contributed by atoms with Crippen LogP contribution in [0.2, 0.25) is 0 Å². The van der Waals surface area contributed by atoms with Crippen LogP contribution in [0.5, 0.6) is 5.75 Å². The van der Waals surface area contributed by atoms with Crippen molar-refractivity contribution >= 4 is 28.3 Å². The lowest BCUT2D eigenvalue weighted by atomic mass is 10.1. The molecule has 2 amide bonds. The lowest BCUT2D eigenvalue weighted by Crippen LogP contribution is -2.32. The van der Waals surface area contributed by atoms with E-state index in [1.807, 2.05) is 6.92 Å². The molecular weight excluding hydrogens is 416 g/mol. The summed E-state index contributed by atoms with van der Waals surface area (Å²) >= 11 is 1.27. The van der Waals surface area contributed by atoms with E-state index in [1.165, 1.54) is 23.5 Å². The monoisotopic (exact) mass is 435 g/mol. The Morgan fingerprint density at radius 2 is 1.90 bits per heavy atom. The van der Waals surface area contributed by atoms with Gasteiger partial charge in [0.2, 0.25) is 5.91 Å². The van der Waals surface area contributed by atoms with Crippen LogP contribution in [0.4, 0.5) is 13.9 Å². The van der Waals surface area contributed by atoms with Crippen molar-refractivity contribution in [3.05, 3.63) is 52.3 Å². The van der Waals surface area contributed by atoms with Crippen molar-refractivity contribution in [3.63, 3.8) is 0 Å². The molecule has 0 saturated heterocycles. The molecule has 0 saturated carbocycles. The van der Waals surface area contributed by atoms with Crippen molar-refractivity contribution in [2.75, 3.05) is 11.9 Å². The number of rotatable bonds is 7. The number of benzene rings is 1. The smallest absolute Gasteiger partial charge is 0.387 e. The van der Waals surface area contributed by atoms with Gasteiger partial charge in [-0.25, -0.2) is 4.98 Å². The van der Waals surface area contributed by atoms with Crippen LogP contribution in [0.3, 0.4) is 0 Å². The first-order chi connectivity index (χ1) is 14.2. The van der Waals surface area contributed by atoms with Crippen LogP contribution < -0.4 is 15.4 Å². The average Bonchev–Trinajstić information content (AvgIpc) is 3.21. The number of aryl methyl sites for hydroxylation is 3. The largest absolute Gasteiger partial charge is 0.466 e.